The van der Waals surface area contributed by atoms with Crippen LogP contribution >= 0.6 is 11.6 Å². The fourth-order valence-corrected chi connectivity index (χ4v) is 6.21. The number of likely N-dealkylation sites (tertiary alicyclic amines) is 1. The Labute approximate surface area is 252 Å². The number of ether oxygens (including phenoxy) is 1. The number of hydrogen-bond acceptors (Lipinski definition) is 5. The van der Waals surface area contributed by atoms with Crippen molar-refractivity contribution in [3.8, 4) is 0 Å². The number of carbonyl (C=O) groups is 3. The van der Waals surface area contributed by atoms with Crippen LogP contribution in [0.5, 0.6) is 0 Å². The lowest BCUT2D eigenvalue weighted by molar-refractivity contribution is -0.138. The Morgan fingerprint density at radius 1 is 1.02 bits per heavy atom. The summed E-state index contributed by atoms with van der Waals surface area (Å²) in [4.78, 5) is 49.7. The van der Waals surface area contributed by atoms with Gasteiger partial charge in [-0.25, -0.2) is 10.3 Å². The molecule has 2 aromatic rings. The normalized spacial score (nSPS) is 22.5. The maximum atomic E-state index is 14.0. The number of amides is 3. The van der Waals surface area contributed by atoms with Gasteiger partial charge in [0.25, 0.3) is 11.8 Å². The summed E-state index contributed by atoms with van der Waals surface area (Å²) < 4.78 is 5.55. The molecule has 42 heavy (non-hydrogen) atoms. The average Bonchev–Trinajstić information content (AvgIpc) is 3.40. The highest BCUT2D eigenvalue weighted by molar-refractivity contribution is 6.31. The molecule has 0 spiro atoms. The Bertz CT molecular complexity index is 1360. The second-order valence-corrected chi connectivity index (χ2v) is 12.6. The van der Waals surface area contributed by atoms with Crippen LogP contribution in [-0.2, 0) is 21.0 Å². The van der Waals surface area contributed by atoms with Gasteiger partial charge in [0.2, 0.25) is 0 Å². The largest absolute Gasteiger partial charge is 0.444 e. The summed E-state index contributed by atoms with van der Waals surface area (Å²) in [5, 5.41) is 0.580. The minimum Gasteiger partial charge on any atom is -0.444 e. The van der Waals surface area contributed by atoms with Crippen molar-refractivity contribution in [1.82, 2.24) is 15.3 Å². The van der Waals surface area contributed by atoms with Gasteiger partial charge in [-0.15, -0.1) is 0 Å². The van der Waals surface area contributed by atoms with Crippen LogP contribution in [0.4, 0.5) is 4.79 Å². The molecular weight excluding hydrogens is 554 g/mol. The standard InChI is InChI=1S/C33H38ClN3O5/c1-33(2,3)42-32(40)36-17-15-22(16-18-36)20-37-29(24-13-14-25(34)19-24)28(26-11-7-8-12-27(26)31(37)39)30(38)35-41-21-23-9-5-4-6-10-23/h4-14,19,22,24,28-29H,15-18,20-21H2,1-3H3,(H,35,38)/t24?,28-,29?/m1/s1. The summed E-state index contributed by atoms with van der Waals surface area (Å²) in [6, 6.07) is 16.4. The van der Waals surface area contributed by atoms with Crippen LogP contribution in [-0.4, -0.2) is 59.0 Å². The number of rotatable bonds is 7. The van der Waals surface area contributed by atoms with E-state index in [1.807, 2.05) is 92.4 Å². The van der Waals surface area contributed by atoms with Crippen LogP contribution in [0.15, 0.2) is 77.9 Å². The second-order valence-electron chi connectivity index (χ2n) is 12.2. The van der Waals surface area contributed by atoms with Crippen LogP contribution in [0.1, 0.15) is 61.0 Å². The molecule has 2 aliphatic heterocycles. The Balaban J connectivity index is 1.37. The van der Waals surface area contributed by atoms with E-state index in [4.69, 9.17) is 21.2 Å². The predicted octanol–water partition coefficient (Wildman–Crippen LogP) is 5.80. The van der Waals surface area contributed by atoms with E-state index < -0.39 is 17.6 Å². The lowest BCUT2D eigenvalue weighted by Crippen LogP contribution is -2.56. The highest BCUT2D eigenvalue weighted by atomic mass is 35.5. The lowest BCUT2D eigenvalue weighted by atomic mass is 9.76. The minimum atomic E-state index is -0.676. The molecule has 3 atom stereocenters. The van der Waals surface area contributed by atoms with E-state index in [1.54, 1.807) is 11.0 Å². The number of hydroxylamine groups is 1. The van der Waals surface area contributed by atoms with Crippen molar-refractivity contribution < 1.29 is 24.0 Å². The molecule has 0 saturated carbocycles. The quantitative estimate of drug-likeness (QED) is 0.411. The number of carbonyl (C=O) groups excluding carboxylic acids is 3. The third-order valence-electron chi connectivity index (χ3n) is 7.97. The van der Waals surface area contributed by atoms with Gasteiger partial charge in [0.05, 0.1) is 18.6 Å². The third kappa shape index (κ3) is 6.88. The zero-order valence-electron chi connectivity index (χ0n) is 24.3. The van der Waals surface area contributed by atoms with E-state index in [-0.39, 0.29) is 36.4 Å². The number of hydrogen-bond donors (Lipinski definition) is 1. The summed E-state index contributed by atoms with van der Waals surface area (Å²) >= 11 is 6.37. The summed E-state index contributed by atoms with van der Waals surface area (Å²) in [5.41, 5.74) is 4.23. The van der Waals surface area contributed by atoms with Gasteiger partial charge in [0, 0.05) is 36.1 Å². The summed E-state index contributed by atoms with van der Waals surface area (Å²) in [7, 11) is 0. The molecule has 5 rings (SSSR count). The highest BCUT2D eigenvalue weighted by Gasteiger charge is 2.47. The average molecular weight is 592 g/mol. The van der Waals surface area contributed by atoms with Gasteiger partial charge in [0.15, 0.2) is 0 Å². The van der Waals surface area contributed by atoms with Crippen molar-refractivity contribution in [3.63, 3.8) is 0 Å². The molecular formula is C33H38ClN3O5. The summed E-state index contributed by atoms with van der Waals surface area (Å²) in [6.45, 7) is 7.35. The fraction of sp³-hybridized carbons (Fsp3) is 0.424. The molecule has 0 radical (unpaired) electrons. The molecule has 1 fully saturated rings. The number of piperidine rings is 1. The van der Waals surface area contributed by atoms with Gasteiger partial charge in [-0.3, -0.25) is 14.4 Å². The van der Waals surface area contributed by atoms with Gasteiger partial charge in [-0.1, -0.05) is 72.3 Å². The highest BCUT2D eigenvalue weighted by Crippen LogP contribution is 2.41. The van der Waals surface area contributed by atoms with Gasteiger partial charge >= 0.3 is 6.09 Å². The Morgan fingerprint density at radius 3 is 2.38 bits per heavy atom. The monoisotopic (exact) mass is 591 g/mol. The molecule has 0 bridgehead atoms. The molecule has 3 amide bonds. The number of benzene rings is 2. The molecule has 222 valence electrons. The fourth-order valence-electron chi connectivity index (χ4n) is 5.99. The van der Waals surface area contributed by atoms with Gasteiger partial charge < -0.3 is 14.5 Å². The minimum absolute atomic E-state index is 0.107. The molecule has 2 heterocycles. The molecule has 3 aliphatic rings. The van der Waals surface area contributed by atoms with Crippen molar-refractivity contribution in [2.24, 2.45) is 11.8 Å². The van der Waals surface area contributed by atoms with Crippen molar-refractivity contribution in [3.05, 3.63) is 94.5 Å². The zero-order valence-corrected chi connectivity index (χ0v) is 25.0. The Hall–Kier alpha value is -3.62. The summed E-state index contributed by atoms with van der Waals surface area (Å²) in [5.74, 6) is -1.19. The summed E-state index contributed by atoms with van der Waals surface area (Å²) in [6.07, 6.45) is 6.81. The van der Waals surface area contributed by atoms with E-state index in [9.17, 15) is 14.4 Å². The first-order valence-corrected chi connectivity index (χ1v) is 14.9. The van der Waals surface area contributed by atoms with E-state index >= 15 is 0 Å². The SMILES string of the molecule is CC(C)(C)OC(=O)N1CCC(CN2C(=O)c3ccccc3[C@@H](C(=O)NOCc3ccccc3)C2C2C=CC(Cl)=C2)CC1. The first kappa shape index (κ1) is 29.9. The maximum absolute atomic E-state index is 14.0. The molecule has 1 saturated heterocycles. The van der Waals surface area contributed by atoms with Crippen LogP contribution in [0, 0.1) is 11.8 Å². The van der Waals surface area contributed by atoms with E-state index in [0.717, 1.165) is 18.4 Å². The molecule has 2 aromatic carbocycles. The number of nitrogens with one attached hydrogen (secondary N) is 1. The first-order valence-electron chi connectivity index (χ1n) is 14.5. The van der Waals surface area contributed by atoms with E-state index in [1.165, 1.54) is 0 Å². The van der Waals surface area contributed by atoms with Crippen molar-refractivity contribution in [2.75, 3.05) is 19.6 Å². The van der Waals surface area contributed by atoms with Crippen LogP contribution in [0.3, 0.4) is 0 Å². The predicted molar refractivity (Wildman–Crippen MR) is 160 cm³/mol. The lowest BCUT2D eigenvalue weighted by Gasteiger charge is -2.45. The van der Waals surface area contributed by atoms with Crippen molar-refractivity contribution >= 4 is 29.5 Å². The molecule has 0 aromatic heterocycles. The van der Waals surface area contributed by atoms with Gasteiger partial charge in [-0.05, 0) is 62.8 Å². The molecule has 1 aliphatic carbocycles. The second kappa shape index (κ2) is 12.7. The molecule has 8 nitrogen and oxygen atoms in total. The third-order valence-corrected chi connectivity index (χ3v) is 8.22. The van der Waals surface area contributed by atoms with Gasteiger partial charge in [-0.2, -0.15) is 0 Å². The van der Waals surface area contributed by atoms with E-state index in [0.29, 0.717) is 35.8 Å². The maximum Gasteiger partial charge on any atom is 0.410 e. The number of halogens is 1. The smallest absolute Gasteiger partial charge is 0.410 e. The van der Waals surface area contributed by atoms with Crippen LogP contribution in [0.2, 0.25) is 0 Å². The Morgan fingerprint density at radius 2 is 1.71 bits per heavy atom. The van der Waals surface area contributed by atoms with Crippen molar-refractivity contribution in [1.29, 1.82) is 0 Å². The van der Waals surface area contributed by atoms with Crippen molar-refractivity contribution in [2.45, 2.75) is 57.8 Å². The first-order chi connectivity index (χ1) is 20.1. The number of fused-ring (bicyclic) bond motifs is 1. The topological polar surface area (TPSA) is 88.2 Å². The number of allylic oxidation sites excluding steroid dienone is 2. The molecule has 1 N–H and O–H groups in total. The van der Waals surface area contributed by atoms with Crippen LogP contribution < -0.4 is 5.48 Å². The zero-order chi connectivity index (χ0) is 29.9. The molecule has 2 unspecified atom stereocenters. The Kier molecular flexibility index (Phi) is 9.04. The van der Waals surface area contributed by atoms with E-state index in [2.05, 4.69) is 5.48 Å². The molecule has 9 heteroatoms. The number of nitrogens with zero attached hydrogens (tertiary/aromatic N) is 2. The van der Waals surface area contributed by atoms with Crippen LogP contribution in [0.25, 0.3) is 0 Å². The van der Waals surface area contributed by atoms with Gasteiger partial charge in [0.1, 0.15) is 5.60 Å².